The largest absolute Gasteiger partial charge is 0.335 e. The maximum absolute atomic E-state index is 13.3. The van der Waals surface area contributed by atoms with Crippen LogP contribution >= 0.6 is 0 Å². The predicted octanol–water partition coefficient (Wildman–Crippen LogP) is 3.92. The molecule has 0 bridgehead atoms. The van der Waals surface area contributed by atoms with Gasteiger partial charge >= 0.3 is 6.03 Å². The van der Waals surface area contributed by atoms with Crippen LogP contribution in [0.1, 0.15) is 39.5 Å². The van der Waals surface area contributed by atoms with Gasteiger partial charge in [-0.2, -0.15) is 0 Å². The van der Waals surface area contributed by atoms with Crippen molar-refractivity contribution >= 4 is 11.7 Å². The van der Waals surface area contributed by atoms with E-state index < -0.39 is 5.82 Å². The molecule has 2 amide bonds. The Labute approximate surface area is 108 Å². The van der Waals surface area contributed by atoms with Gasteiger partial charge in [-0.1, -0.05) is 38.3 Å². The molecule has 1 aromatic carbocycles. The number of rotatable bonds is 6. The number of nitrogens with one attached hydrogen (secondary N) is 2. The Morgan fingerprint density at radius 3 is 2.72 bits per heavy atom. The molecule has 0 unspecified atom stereocenters. The van der Waals surface area contributed by atoms with E-state index in [1.807, 2.05) is 6.92 Å². The van der Waals surface area contributed by atoms with Crippen molar-refractivity contribution in [1.82, 2.24) is 5.32 Å². The summed E-state index contributed by atoms with van der Waals surface area (Å²) in [5.41, 5.74) is 0.204. The maximum Gasteiger partial charge on any atom is 0.319 e. The molecule has 0 fully saturated rings. The van der Waals surface area contributed by atoms with Crippen LogP contribution in [0.2, 0.25) is 0 Å². The van der Waals surface area contributed by atoms with E-state index in [1.54, 1.807) is 12.1 Å². The molecule has 100 valence electrons. The van der Waals surface area contributed by atoms with Crippen LogP contribution in [0.3, 0.4) is 0 Å². The van der Waals surface area contributed by atoms with Crippen LogP contribution < -0.4 is 10.6 Å². The summed E-state index contributed by atoms with van der Waals surface area (Å²) in [5, 5.41) is 5.30. The summed E-state index contributed by atoms with van der Waals surface area (Å²) < 4.78 is 13.3. The molecule has 0 saturated heterocycles. The molecule has 0 heterocycles. The lowest BCUT2D eigenvalue weighted by Crippen LogP contribution is -2.36. The molecule has 0 aliphatic rings. The highest BCUT2D eigenvalue weighted by Crippen LogP contribution is 2.12. The third-order valence-corrected chi connectivity index (χ3v) is 2.74. The molecular formula is C14H21FN2O. The molecular weight excluding hydrogens is 231 g/mol. The lowest BCUT2D eigenvalue weighted by molar-refractivity contribution is 0.248. The van der Waals surface area contributed by atoms with E-state index in [1.165, 1.54) is 18.6 Å². The number of urea groups is 1. The Morgan fingerprint density at radius 1 is 1.33 bits per heavy atom. The molecule has 1 atom stereocenters. The zero-order valence-electron chi connectivity index (χ0n) is 11.0. The zero-order valence-corrected chi connectivity index (χ0v) is 11.0. The van der Waals surface area contributed by atoms with Crippen LogP contribution in [-0.4, -0.2) is 12.1 Å². The molecule has 0 aliphatic carbocycles. The van der Waals surface area contributed by atoms with Crippen LogP contribution in [-0.2, 0) is 0 Å². The van der Waals surface area contributed by atoms with Gasteiger partial charge in [-0.05, 0) is 25.5 Å². The van der Waals surface area contributed by atoms with Gasteiger partial charge in [-0.15, -0.1) is 0 Å². The van der Waals surface area contributed by atoms with E-state index in [0.717, 1.165) is 19.3 Å². The highest BCUT2D eigenvalue weighted by atomic mass is 19.1. The smallest absolute Gasteiger partial charge is 0.319 e. The van der Waals surface area contributed by atoms with Crippen LogP contribution in [0.25, 0.3) is 0 Å². The molecule has 1 aromatic rings. The first kappa shape index (κ1) is 14.5. The van der Waals surface area contributed by atoms with Crippen molar-refractivity contribution in [1.29, 1.82) is 0 Å². The summed E-state index contributed by atoms with van der Waals surface area (Å²) in [6.07, 6.45) is 4.37. The standard InChI is InChI=1S/C14H21FN2O/c1-3-4-5-8-11(2)16-14(18)17-13-10-7-6-9-12(13)15/h6-7,9-11H,3-5,8H2,1-2H3,(H2,16,17,18)/t11-/m1/s1. The Kier molecular flexibility index (Phi) is 6.19. The minimum absolute atomic E-state index is 0.100. The van der Waals surface area contributed by atoms with Gasteiger partial charge in [0.1, 0.15) is 5.82 Å². The number of carbonyl (C=O) groups excluding carboxylic acids is 1. The second-order valence-corrected chi connectivity index (χ2v) is 4.48. The van der Waals surface area contributed by atoms with E-state index in [0.29, 0.717) is 0 Å². The van der Waals surface area contributed by atoms with Crippen molar-refractivity contribution in [3.8, 4) is 0 Å². The van der Waals surface area contributed by atoms with Gasteiger partial charge in [-0.25, -0.2) is 9.18 Å². The molecule has 1 rings (SSSR count). The lowest BCUT2D eigenvalue weighted by Gasteiger charge is -2.14. The van der Waals surface area contributed by atoms with Crippen LogP contribution in [0.5, 0.6) is 0 Å². The number of hydrogen-bond donors (Lipinski definition) is 2. The monoisotopic (exact) mass is 252 g/mol. The van der Waals surface area contributed by atoms with E-state index >= 15 is 0 Å². The Morgan fingerprint density at radius 2 is 2.06 bits per heavy atom. The predicted molar refractivity (Wildman–Crippen MR) is 72.2 cm³/mol. The van der Waals surface area contributed by atoms with Gasteiger partial charge in [0.05, 0.1) is 5.69 Å². The molecule has 0 aromatic heterocycles. The van der Waals surface area contributed by atoms with Crippen molar-refractivity contribution in [3.63, 3.8) is 0 Å². The van der Waals surface area contributed by atoms with Gasteiger partial charge in [0, 0.05) is 6.04 Å². The average Bonchev–Trinajstić information content (AvgIpc) is 2.32. The quantitative estimate of drug-likeness (QED) is 0.740. The topological polar surface area (TPSA) is 41.1 Å². The first-order valence-electron chi connectivity index (χ1n) is 6.45. The van der Waals surface area contributed by atoms with Crippen molar-refractivity contribution in [2.24, 2.45) is 0 Å². The Balaban J connectivity index is 2.35. The van der Waals surface area contributed by atoms with Crippen molar-refractivity contribution in [2.45, 2.75) is 45.6 Å². The zero-order chi connectivity index (χ0) is 13.4. The number of unbranched alkanes of at least 4 members (excludes halogenated alkanes) is 2. The first-order chi connectivity index (χ1) is 8.63. The van der Waals surface area contributed by atoms with E-state index in [-0.39, 0.29) is 17.8 Å². The fourth-order valence-electron chi connectivity index (χ4n) is 1.72. The first-order valence-corrected chi connectivity index (χ1v) is 6.45. The molecule has 0 aliphatic heterocycles. The summed E-state index contributed by atoms with van der Waals surface area (Å²) in [4.78, 5) is 11.6. The molecule has 18 heavy (non-hydrogen) atoms. The lowest BCUT2D eigenvalue weighted by atomic mass is 10.1. The van der Waals surface area contributed by atoms with Gasteiger partial charge in [0.15, 0.2) is 0 Å². The molecule has 3 nitrogen and oxygen atoms in total. The number of anilines is 1. The van der Waals surface area contributed by atoms with Crippen molar-refractivity contribution in [2.75, 3.05) is 5.32 Å². The van der Waals surface area contributed by atoms with Crippen molar-refractivity contribution < 1.29 is 9.18 Å². The number of carbonyl (C=O) groups is 1. The highest BCUT2D eigenvalue weighted by Gasteiger charge is 2.08. The minimum Gasteiger partial charge on any atom is -0.335 e. The molecule has 0 radical (unpaired) electrons. The highest BCUT2D eigenvalue weighted by molar-refractivity contribution is 5.89. The van der Waals surface area contributed by atoms with Gasteiger partial charge in [0.2, 0.25) is 0 Å². The SMILES string of the molecule is CCCCC[C@@H](C)NC(=O)Nc1ccccc1F. The molecule has 4 heteroatoms. The van der Waals surface area contributed by atoms with Gasteiger partial charge in [-0.3, -0.25) is 0 Å². The third-order valence-electron chi connectivity index (χ3n) is 2.74. The summed E-state index contributed by atoms with van der Waals surface area (Å²) >= 11 is 0. The fraction of sp³-hybridized carbons (Fsp3) is 0.500. The average molecular weight is 252 g/mol. The maximum atomic E-state index is 13.3. The summed E-state index contributed by atoms with van der Waals surface area (Å²) in [6, 6.07) is 5.87. The van der Waals surface area contributed by atoms with E-state index in [4.69, 9.17) is 0 Å². The number of halogens is 1. The number of para-hydroxylation sites is 1. The van der Waals surface area contributed by atoms with Crippen LogP contribution in [0, 0.1) is 5.82 Å². The summed E-state index contributed by atoms with van der Waals surface area (Å²) in [5.74, 6) is -0.425. The number of hydrogen-bond acceptors (Lipinski definition) is 1. The van der Waals surface area contributed by atoms with Crippen LogP contribution in [0.4, 0.5) is 14.9 Å². The van der Waals surface area contributed by atoms with Crippen LogP contribution in [0.15, 0.2) is 24.3 Å². The normalized spacial score (nSPS) is 11.9. The minimum atomic E-state index is -0.425. The molecule has 2 N–H and O–H groups in total. The number of amides is 2. The van der Waals surface area contributed by atoms with E-state index in [2.05, 4.69) is 17.6 Å². The van der Waals surface area contributed by atoms with Gasteiger partial charge in [0.25, 0.3) is 0 Å². The third kappa shape index (κ3) is 5.17. The molecule has 0 saturated carbocycles. The summed E-state index contributed by atoms with van der Waals surface area (Å²) in [7, 11) is 0. The second kappa shape index (κ2) is 7.69. The summed E-state index contributed by atoms with van der Waals surface area (Å²) in [6.45, 7) is 4.10. The Hall–Kier alpha value is -1.58. The molecule has 0 spiro atoms. The Bertz CT molecular complexity index is 382. The van der Waals surface area contributed by atoms with Gasteiger partial charge < -0.3 is 10.6 Å². The fourth-order valence-corrected chi connectivity index (χ4v) is 1.72. The van der Waals surface area contributed by atoms with Crippen molar-refractivity contribution in [3.05, 3.63) is 30.1 Å². The van der Waals surface area contributed by atoms with E-state index in [9.17, 15) is 9.18 Å². The second-order valence-electron chi connectivity index (χ2n) is 4.48. The number of benzene rings is 1.